The Labute approximate surface area is 116 Å². The molecule has 108 valence electrons. The first kappa shape index (κ1) is 16.1. The van der Waals surface area contributed by atoms with Crippen LogP contribution in [0.1, 0.15) is 70.5 Å². The average molecular weight is 266 g/mol. The van der Waals surface area contributed by atoms with Crippen LogP contribution in [0.15, 0.2) is 18.3 Å². The summed E-state index contributed by atoms with van der Waals surface area (Å²) in [5, 5.41) is 3.51. The fourth-order valence-electron chi connectivity index (χ4n) is 2.22. The van der Waals surface area contributed by atoms with Gasteiger partial charge in [0.25, 0.3) is 0 Å². The second kappa shape index (κ2) is 9.90. The third kappa shape index (κ3) is 6.67. The summed E-state index contributed by atoms with van der Waals surface area (Å²) in [6, 6.07) is 3.57. The first-order valence-electron chi connectivity index (χ1n) is 7.62. The molecule has 1 aromatic rings. The van der Waals surface area contributed by atoms with Crippen LogP contribution in [0.2, 0.25) is 0 Å². The zero-order valence-corrected chi connectivity index (χ0v) is 12.3. The van der Waals surface area contributed by atoms with Crippen LogP contribution in [0.3, 0.4) is 0 Å². The molecule has 0 aromatic carbocycles. The number of pyridine rings is 1. The molecular weight excluding hydrogens is 239 g/mol. The molecule has 2 nitrogen and oxygen atoms in total. The maximum atomic E-state index is 12.9. The van der Waals surface area contributed by atoms with Gasteiger partial charge in [-0.05, 0) is 31.5 Å². The maximum absolute atomic E-state index is 12.9. The van der Waals surface area contributed by atoms with E-state index >= 15 is 0 Å². The minimum Gasteiger partial charge on any atom is -0.309 e. The van der Waals surface area contributed by atoms with Gasteiger partial charge in [0.15, 0.2) is 0 Å². The van der Waals surface area contributed by atoms with Gasteiger partial charge in [0, 0.05) is 6.04 Å². The van der Waals surface area contributed by atoms with Crippen molar-refractivity contribution in [3.8, 4) is 0 Å². The summed E-state index contributed by atoms with van der Waals surface area (Å²) in [6.45, 7) is 5.37. The fraction of sp³-hybridized carbons (Fsp3) is 0.688. The molecule has 1 unspecified atom stereocenters. The van der Waals surface area contributed by atoms with Gasteiger partial charge in [0.05, 0.1) is 11.9 Å². The summed E-state index contributed by atoms with van der Waals surface area (Å²) in [4.78, 5) is 4.21. The molecule has 1 heterocycles. The van der Waals surface area contributed by atoms with Crippen molar-refractivity contribution >= 4 is 0 Å². The quantitative estimate of drug-likeness (QED) is 0.625. The van der Waals surface area contributed by atoms with Gasteiger partial charge < -0.3 is 5.32 Å². The second-order valence-electron chi connectivity index (χ2n) is 5.11. The Kier molecular flexibility index (Phi) is 8.39. The van der Waals surface area contributed by atoms with Crippen LogP contribution in [0.25, 0.3) is 0 Å². The minimum absolute atomic E-state index is 0.263. The summed E-state index contributed by atoms with van der Waals surface area (Å²) >= 11 is 0. The van der Waals surface area contributed by atoms with Crippen LogP contribution in [-0.4, -0.2) is 11.5 Å². The van der Waals surface area contributed by atoms with E-state index in [0.717, 1.165) is 25.1 Å². The second-order valence-corrected chi connectivity index (χ2v) is 5.11. The maximum Gasteiger partial charge on any atom is 0.141 e. The summed E-state index contributed by atoms with van der Waals surface area (Å²) in [6.07, 6.45) is 9.90. The van der Waals surface area contributed by atoms with Crippen LogP contribution in [0, 0.1) is 5.82 Å². The molecule has 3 heteroatoms. The van der Waals surface area contributed by atoms with Gasteiger partial charge in [-0.25, -0.2) is 4.39 Å². The first-order chi connectivity index (χ1) is 9.27. The highest BCUT2D eigenvalue weighted by atomic mass is 19.1. The van der Waals surface area contributed by atoms with Crippen molar-refractivity contribution in [2.24, 2.45) is 0 Å². The largest absolute Gasteiger partial charge is 0.309 e. The van der Waals surface area contributed by atoms with Crippen LogP contribution >= 0.6 is 0 Å². The Morgan fingerprint density at radius 1 is 1.11 bits per heavy atom. The highest BCUT2D eigenvalue weighted by Gasteiger charge is 2.11. The summed E-state index contributed by atoms with van der Waals surface area (Å²) in [5.74, 6) is -0.263. The van der Waals surface area contributed by atoms with Gasteiger partial charge in [-0.3, -0.25) is 4.98 Å². The summed E-state index contributed by atoms with van der Waals surface area (Å²) in [5.41, 5.74) is 0.963. The van der Waals surface area contributed by atoms with Gasteiger partial charge >= 0.3 is 0 Å². The molecule has 1 aromatic heterocycles. The van der Waals surface area contributed by atoms with Gasteiger partial charge in [-0.2, -0.15) is 0 Å². The number of unbranched alkanes of at least 4 members (excludes halogenated alkanes) is 4. The van der Waals surface area contributed by atoms with E-state index in [9.17, 15) is 4.39 Å². The smallest absolute Gasteiger partial charge is 0.141 e. The molecule has 0 fully saturated rings. The van der Waals surface area contributed by atoms with E-state index in [-0.39, 0.29) is 11.9 Å². The molecule has 0 radical (unpaired) electrons. The van der Waals surface area contributed by atoms with Crippen molar-refractivity contribution in [1.29, 1.82) is 0 Å². The third-order valence-electron chi connectivity index (χ3n) is 3.34. The van der Waals surface area contributed by atoms with E-state index in [1.807, 2.05) is 0 Å². The molecule has 0 aliphatic carbocycles. The van der Waals surface area contributed by atoms with Crippen molar-refractivity contribution < 1.29 is 4.39 Å². The number of nitrogens with one attached hydrogen (secondary N) is 1. The van der Waals surface area contributed by atoms with Gasteiger partial charge in [-0.1, -0.05) is 46.0 Å². The van der Waals surface area contributed by atoms with E-state index in [0.29, 0.717) is 0 Å². The zero-order valence-electron chi connectivity index (χ0n) is 12.3. The highest BCUT2D eigenvalue weighted by Crippen LogP contribution is 2.19. The lowest BCUT2D eigenvalue weighted by atomic mass is 10.0. The number of rotatable bonds is 10. The third-order valence-corrected chi connectivity index (χ3v) is 3.34. The van der Waals surface area contributed by atoms with E-state index in [1.165, 1.54) is 44.4 Å². The lowest BCUT2D eigenvalue weighted by Crippen LogP contribution is -2.23. The number of halogens is 1. The van der Waals surface area contributed by atoms with Crippen molar-refractivity contribution in [2.75, 3.05) is 6.54 Å². The number of hydrogen-bond donors (Lipinski definition) is 1. The van der Waals surface area contributed by atoms with Crippen molar-refractivity contribution in [1.82, 2.24) is 10.3 Å². The molecule has 0 spiro atoms. The predicted octanol–water partition coefficient (Wildman–Crippen LogP) is 4.62. The lowest BCUT2D eigenvalue weighted by molar-refractivity contribution is 0.458. The van der Waals surface area contributed by atoms with Crippen molar-refractivity contribution in [3.05, 3.63) is 29.8 Å². The normalized spacial score (nSPS) is 12.6. The predicted molar refractivity (Wildman–Crippen MR) is 78.6 cm³/mol. The van der Waals surface area contributed by atoms with E-state index in [1.54, 1.807) is 6.07 Å². The molecule has 1 rings (SSSR count). The van der Waals surface area contributed by atoms with Gasteiger partial charge in [0.1, 0.15) is 5.82 Å². The number of aromatic nitrogens is 1. The fourth-order valence-corrected chi connectivity index (χ4v) is 2.22. The Morgan fingerprint density at radius 3 is 2.53 bits per heavy atom. The van der Waals surface area contributed by atoms with Gasteiger partial charge in [0.2, 0.25) is 0 Å². The van der Waals surface area contributed by atoms with Crippen LogP contribution in [0.5, 0.6) is 0 Å². The molecule has 0 aliphatic rings. The van der Waals surface area contributed by atoms with Crippen molar-refractivity contribution in [3.63, 3.8) is 0 Å². The standard InChI is InChI=1S/C16H27FN2/c1-3-5-6-7-8-9-15(18-12-4-2)16-11-10-14(17)13-19-16/h10-11,13,15,18H,3-9,12H2,1-2H3. The summed E-state index contributed by atoms with van der Waals surface area (Å²) in [7, 11) is 0. The molecule has 0 saturated carbocycles. The van der Waals surface area contributed by atoms with E-state index in [2.05, 4.69) is 24.1 Å². The van der Waals surface area contributed by atoms with Crippen molar-refractivity contribution in [2.45, 2.75) is 64.8 Å². The van der Waals surface area contributed by atoms with Crippen LogP contribution in [-0.2, 0) is 0 Å². The molecule has 19 heavy (non-hydrogen) atoms. The Bertz CT molecular complexity index is 324. The summed E-state index contributed by atoms with van der Waals surface area (Å²) < 4.78 is 12.9. The monoisotopic (exact) mass is 266 g/mol. The minimum atomic E-state index is -0.263. The molecule has 0 amide bonds. The Balaban J connectivity index is 2.44. The Morgan fingerprint density at radius 2 is 1.89 bits per heavy atom. The molecule has 1 atom stereocenters. The SMILES string of the molecule is CCCCCCCC(NCCC)c1ccc(F)cn1. The highest BCUT2D eigenvalue weighted by molar-refractivity contribution is 5.09. The zero-order chi connectivity index (χ0) is 13.9. The molecule has 0 saturated heterocycles. The molecule has 1 N–H and O–H groups in total. The Hall–Kier alpha value is -0.960. The van der Waals surface area contributed by atoms with E-state index in [4.69, 9.17) is 0 Å². The van der Waals surface area contributed by atoms with Crippen LogP contribution < -0.4 is 5.32 Å². The molecular formula is C16H27FN2. The lowest BCUT2D eigenvalue weighted by Gasteiger charge is -2.18. The van der Waals surface area contributed by atoms with Crippen LogP contribution in [0.4, 0.5) is 4.39 Å². The number of hydrogen-bond acceptors (Lipinski definition) is 2. The van der Waals surface area contributed by atoms with Gasteiger partial charge in [-0.15, -0.1) is 0 Å². The first-order valence-corrected chi connectivity index (χ1v) is 7.62. The molecule has 0 bridgehead atoms. The average Bonchev–Trinajstić information content (AvgIpc) is 2.43. The topological polar surface area (TPSA) is 24.9 Å². The molecule has 0 aliphatic heterocycles. The van der Waals surface area contributed by atoms with E-state index < -0.39 is 0 Å². The number of nitrogens with zero attached hydrogens (tertiary/aromatic N) is 1.